The number of hydrogen-bond donors (Lipinski definition) is 1. The third-order valence-electron chi connectivity index (χ3n) is 5.85. The minimum Gasteiger partial charge on any atom is -0.539 e. The molecule has 0 unspecified atom stereocenters. The molecule has 0 fully saturated rings. The average molecular weight is 504 g/mol. The van der Waals surface area contributed by atoms with Crippen LogP contribution >= 0.6 is 11.3 Å². The van der Waals surface area contributed by atoms with Crippen molar-refractivity contribution in [1.82, 2.24) is 10.3 Å². The van der Waals surface area contributed by atoms with Crippen LogP contribution in [0.5, 0.6) is 11.7 Å². The van der Waals surface area contributed by atoms with Crippen molar-refractivity contribution in [2.75, 3.05) is 5.73 Å². The van der Waals surface area contributed by atoms with E-state index < -0.39 is 29.5 Å². The number of alkyl halides is 3. The van der Waals surface area contributed by atoms with Crippen molar-refractivity contribution in [2.24, 2.45) is 0 Å². The molecule has 0 aliphatic heterocycles. The highest BCUT2D eigenvalue weighted by Gasteiger charge is 2.34. The minimum absolute atomic E-state index is 0.122. The largest absolute Gasteiger partial charge is 0.573 e. The fourth-order valence-corrected chi connectivity index (χ4v) is 5.23. The van der Waals surface area contributed by atoms with Crippen LogP contribution in [-0.4, -0.2) is 22.4 Å². The van der Waals surface area contributed by atoms with Crippen molar-refractivity contribution in [3.8, 4) is 17.4 Å². The zero-order valence-electron chi connectivity index (χ0n) is 18.2. The molecular formula is C23H19F3N4O4S. The number of fused-ring (bicyclic) bond motifs is 2. The minimum atomic E-state index is -4.85. The van der Waals surface area contributed by atoms with Gasteiger partial charge in [-0.25, -0.2) is 4.98 Å². The van der Waals surface area contributed by atoms with Gasteiger partial charge in [-0.1, -0.05) is 12.8 Å². The molecule has 3 aromatic heterocycles. The van der Waals surface area contributed by atoms with E-state index in [1.165, 1.54) is 12.1 Å². The quantitative estimate of drug-likeness (QED) is 0.330. The predicted octanol–water partition coefficient (Wildman–Crippen LogP) is 4.01. The molecule has 0 bridgehead atoms. The number of nitrogens with zero attached hydrogens (tertiary/aromatic N) is 3. The molecule has 2 N–H and O–H groups in total. The van der Waals surface area contributed by atoms with Gasteiger partial charge in [0.05, 0.1) is 11.0 Å². The van der Waals surface area contributed by atoms with Gasteiger partial charge in [-0.3, -0.25) is 4.79 Å². The van der Waals surface area contributed by atoms with E-state index in [1.807, 2.05) is 6.07 Å². The number of carbonyl (C=O) groups excluding carboxylic acids is 1. The van der Waals surface area contributed by atoms with E-state index in [9.17, 15) is 23.1 Å². The van der Waals surface area contributed by atoms with E-state index in [1.54, 1.807) is 0 Å². The summed E-state index contributed by atoms with van der Waals surface area (Å²) in [5.41, 5.74) is 8.38. The lowest BCUT2D eigenvalue weighted by Gasteiger charge is -2.12. The SMILES string of the molecule is Nc1c(C(=O)c2c([O-])on[n+]2-c2ccc(OC(F)(F)F)cc2)sc2nc3c(cc12)CCCCCC3. The fraction of sp³-hybridized carbons (Fsp3) is 0.304. The number of aromatic nitrogens is 3. The molecule has 4 aromatic rings. The summed E-state index contributed by atoms with van der Waals surface area (Å²) in [6.07, 6.45) is 1.31. The van der Waals surface area contributed by atoms with Crippen molar-refractivity contribution in [3.05, 3.63) is 52.2 Å². The molecule has 182 valence electrons. The summed E-state index contributed by atoms with van der Waals surface area (Å²) < 4.78 is 46.8. The first-order chi connectivity index (χ1) is 16.7. The van der Waals surface area contributed by atoms with E-state index in [0.29, 0.717) is 10.2 Å². The second kappa shape index (κ2) is 8.84. The Morgan fingerprint density at radius 2 is 1.86 bits per heavy atom. The molecule has 0 saturated heterocycles. The summed E-state index contributed by atoms with van der Waals surface area (Å²) in [4.78, 5) is 18.9. The Morgan fingerprint density at radius 1 is 1.14 bits per heavy atom. The van der Waals surface area contributed by atoms with Gasteiger partial charge in [0.15, 0.2) is 5.95 Å². The molecule has 5 rings (SSSR count). The van der Waals surface area contributed by atoms with Gasteiger partial charge < -0.3 is 20.1 Å². The van der Waals surface area contributed by atoms with E-state index in [-0.39, 0.29) is 16.3 Å². The summed E-state index contributed by atoms with van der Waals surface area (Å²) in [7, 11) is 0. The van der Waals surface area contributed by atoms with Gasteiger partial charge in [0.25, 0.3) is 5.78 Å². The lowest BCUT2D eigenvalue weighted by atomic mass is 9.96. The zero-order valence-corrected chi connectivity index (χ0v) is 19.0. The molecule has 1 aliphatic carbocycles. The highest BCUT2D eigenvalue weighted by molar-refractivity contribution is 7.21. The van der Waals surface area contributed by atoms with E-state index in [2.05, 4.69) is 10.0 Å². The number of hydrogen-bond acceptors (Lipinski definition) is 8. The smallest absolute Gasteiger partial charge is 0.539 e. The Hall–Kier alpha value is -3.67. The van der Waals surface area contributed by atoms with Crippen LogP contribution in [0.3, 0.4) is 0 Å². The van der Waals surface area contributed by atoms with E-state index in [4.69, 9.17) is 15.2 Å². The predicted molar refractivity (Wildman–Crippen MR) is 118 cm³/mol. The fourth-order valence-electron chi connectivity index (χ4n) is 4.19. The van der Waals surface area contributed by atoms with Gasteiger partial charge in [0, 0.05) is 23.2 Å². The van der Waals surface area contributed by atoms with Crippen LogP contribution in [0.4, 0.5) is 18.9 Å². The van der Waals surface area contributed by atoms with Crippen molar-refractivity contribution in [2.45, 2.75) is 44.9 Å². The molecule has 1 aromatic carbocycles. The summed E-state index contributed by atoms with van der Waals surface area (Å²) in [6.45, 7) is 0. The molecular weight excluding hydrogens is 485 g/mol. The number of nitrogens with two attached hydrogens (primary N) is 1. The molecule has 0 amide bonds. The molecule has 8 nitrogen and oxygen atoms in total. The summed E-state index contributed by atoms with van der Waals surface area (Å²) in [5, 5.41) is 16.7. The van der Waals surface area contributed by atoms with Crippen LogP contribution in [0.2, 0.25) is 0 Å². The maximum Gasteiger partial charge on any atom is 0.573 e. The first kappa shape index (κ1) is 23.1. The number of halogens is 3. The Morgan fingerprint density at radius 3 is 2.57 bits per heavy atom. The summed E-state index contributed by atoms with van der Waals surface area (Å²) in [6, 6.07) is 6.49. The second-order valence-corrected chi connectivity index (χ2v) is 9.20. The lowest BCUT2D eigenvalue weighted by Crippen LogP contribution is -2.39. The first-order valence-electron chi connectivity index (χ1n) is 10.9. The van der Waals surface area contributed by atoms with Crippen LogP contribution < -0.4 is 20.3 Å². The molecule has 12 heteroatoms. The van der Waals surface area contributed by atoms with Crippen LogP contribution in [-0.2, 0) is 12.8 Å². The van der Waals surface area contributed by atoms with Crippen LogP contribution in [0.15, 0.2) is 34.9 Å². The number of nitrogen functional groups attached to an aromatic ring is 1. The highest BCUT2D eigenvalue weighted by Crippen LogP contribution is 2.36. The molecule has 0 spiro atoms. The van der Waals surface area contributed by atoms with Gasteiger partial charge >= 0.3 is 12.1 Å². The number of anilines is 1. The maximum absolute atomic E-state index is 13.4. The number of ketones is 1. The molecule has 0 saturated carbocycles. The normalized spacial score (nSPS) is 14.4. The summed E-state index contributed by atoms with van der Waals surface area (Å²) >= 11 is 1.08. The third-order valence-corrected chi connectivity index (χ3v) is 6.96. The topological polar surface area (TPSA) is 118 Å². The number of rotatable bonds is 4. The highest BCUT2D eigenvalue weighted by atomic mass is 32.1. The van der Waals surface area contributed by atoms with Crippen molar-refractivity contribution in [1.29, 1.82) is 0 Å². The standard InChI is InChI=1S/C23H19F3N4O4S/c24-23(25,26)33-14-9-7-13(8-10-14)30-18(22(32)34-29-30)19(31)20-17(27)15-11-12-5-3-1-2-4-6-16(12)28-21(15)35-20/h7-11H,1-6H2,(H2-,27,29,31,32). The summed E-state index contributed by atoms with van der Waals surface area (Å²) in [5.74, 6) is -2.17. The number of benzene rings is 1. The lowest BCUT2D eigenvalue weighted by molar-refractivity contribution is -0.672. The molecule has 1 aliphatic rings. The van der Waals surface area contributed by atoms with E-state index >= 15 is 0 Å². The first-order valence-corrected chi connectivity index (χ1v) is 11.7. The Balaban J connectivity index is 1.52. The van der Waals surface area contributed by atoms with Gasteiger partial charge in [0.2, 0.25) is 5.69 Å². The van der Waals surface area contributed by atoms with Crippen molar-refractivity contribution in [3.63, 3.8) is 0 Å². The molecule has 3 heterocycles. The Kier molecular flexibility index (Phi) is 5.83. The maximum atomic E-state index is 13.4. The number of pyridine rings is 1. The zero-order chi connectivity index (χ0) is 24.7. The van der Waals surface area contributed by atoms with Crippen molar-refractivity contribution >= 4 is 33.0 Å². The van der Waals surface area contributed by atoms with Crippen LogP contribution in [0, 0.1) is 0 Å². The third kappa shape index (κ3) is 4.53. The molecule has 35 heavy (non-hydrogen) atoms. The number of thiophene rings is 1. The number of carbonyl (C=O) groups is 1. The average Bonchev–Trinajstić information content (AvgIpc) is 3.32. The number of ether oxygens (including phenoxy) is 1. The molecule has 0 atom stereocenters. The van der Waals surface area contributed by atoms with E-state index in [0.717, 1.165) is 77.9 Å². The molecule has 0 radical (unpaired) electrons. The van der Waals surface area contributed by atoms with Gasteiger partial charge in [0.1, 0.15) is 15.5 Å². The Bertz CT molecular complexity index is 1410. The second-order valence-electron chi connectivity index (χ2n) is 8.20. The van der Waals surface area contributed by atoms with Gasteiger partial charge in [-0.05, 0) is 54.1 Å². The van der Waals surface area contributed by atoms with Gasteiger partial charge in [-0.15, -0.1) is 24.5 Å². The van der Waals surface area contributed by atoms with Crippen LogP contribution in [0.1, 0.15) is 52.3 Å². The van der Waals surface area contributed by atoms with Crippen LogP contribution in [0.25, 0.3) is 15.9 Å². The van der Waals surface area contributed by atoms with Gasteiger partial charge in [-0.2, -0.15) is 0 Å². The number of aryl methyl sites for hydroxylation is 2. The Labute approximate surface area is 200 Å². The monoisotopic (exact) mass is 504 g/mol. The van der Waals surface area contributed by atoms with Crippen molar-refractivity contribution < 1.29 is 37.0 Å².